The highest BCUT2D eigenvalue weighted by Crippen LogP contribution is 2.44. The van der Waals surface area contributed by atoms with Crippen molar-refractivity contribution in [1.82, 2.24) is 4.90 Å². The van der Waals surface area contributed by atoms with Crippen LogP contribution >= 0.6 is 0 Å². The van der Waals surface area contributed by atoms with E-state index in [4.69, 9.17) is 5.73 Å². The monoisotopic (exact) mass is 260 g/mol. The fraction of sp³-hybridized carbons (Fsp3) is 0.533. The number of carbonyl (C=O) groups excluding carboxylic acids is 1. The van der Waals surface area contributed by atoms with Crippen LogP contribution in [0.5, 0.6) is 0 Å². The lowest BCUT2D eigenvalue weighted by molar-refractivity contribution is -0.159. The lowest BCUT2D eigenvalue weighted by atomic mass is 9.88. The first-order chi connectivity index (χ1) is 9.07. The molecule has 0 spiro atoms. The Morgan fingerprint density at radius 2 is 2.16 bits per heavy atom. The van der Waals surface area contributed by atoms with E-state index in [1.54, 1.807) is 4.90 Å². The smallest absolute Gasteiger partial charge is 0.223 e. The molecular weight excluding hydrogens is 240 g/mol. The Morgan fingerprint density at radius 1 is 1.42 bits per heavy atom. The van der Waals surface area contributed by atoms with Gasteiger partial charge in [-0.15, -0.1) is 0 Å². The zero-order valence-corrected chi connectivity index (χ0v) is 11.0. The third-order valence-electron chi connectivity index (χ3n) is 4.20. The molecule has 1 aliphatic heterocycles. The number of aryl methyl sites for hydroxylation is 1. The first kappa shape index (κ1) is 12.5. The van der Waals surface area contributed by atoms with Gasteiger partial charge in [-0.05, 0) is 42.9 Å². The second-order valence-corrected chi connectivity index (χ2v) is 5.87. The zero-order valence-electron chi connectivity index (χ0n) is 11.0. The lowest BCUT2D eigenvalue weighted by Gasteiger charge is -2.47. The summed E-state index contributed by atoms with van der Waals surface area (Å²) in [6.45, 7) is 1.04. The van der Waals surface area contributed by atoms with E-state index >= 15 is 0 Å². The fourth-order valence-electron chi connectivity index (χ4n) is 2.83. The van der Waals surface area contributed by atoms with Gasteiger partial charge in [0.1, 0.15) is 5.60 Å². The van der Waals surface area contributed by atoms with Crippen molar-refractivity contribution >= 4 is 11.6 Å². The number of hydrogen-bond acceptors (Lipinski definition) is 3. The quantitative estimate of drug-likeness (QED) is 0.799. The number of likely N-dealkylation sites (tertiary alicyclic amines) is 1. The predicted molar refractivity (Wildman–Crippen MR) is 73.4 cm³/mol. The molecule has 0 atom stereocenters. The first-order valence-corrected chi connectivity index (χ1v) is 6.91. The predicted octanol–water partition coefficient (Wildman–Crippen LogP) is 1.18. The van der Waals surface area contributed by atoms with E-state index in [1.165, 1.54) is 0 Å². The minimum absolute atomic E-state index is 0.132. The molecule has 1 aromatic rings. The Morgan fingerprint density at radius 3 is 2.79 bits per heavy atom. The summed E-state index contributed by atoms with van der Waals surface area (Å²) in [5.41, 5.74) is 6.96. The highest BCUT2D eigenvalue weighted by Gasteiger charge is 2.52. The van der Waals surface area contributed by atoms with Crippen LogP contribution < -0.4 is 5.73 Å². The molecule has 19 heavy (non-hydrogen) atoms. The number of aliphatic hydroxyl groups is 1. The van der Waals surface area contributed by atoms with Gasteiger partial charge in [-0.2, -0.15) is 0 Å². The van der Waals surface area contributed by atoms with Crippen molar-refractivity contribution in [3.05, 3.63) is 29.8 Å². The highest BCUT2D eigenvalue weighted by atomic mass is 16.3. The van der Waals surface area contributed by atoms with Gasteiger partial charge in [-0.3, -0.25) is 4.79 Å². The normalized spacial score (nSPS) is 21.0. The maximum atomic E-state index is 12.0. The second kappa shape index (κ2) is 4.53. The molecule has 0 bridgehead atoms. The van der Waals surface area contributed by atoms with Crippen LogP contribution in [0.2, 0.25) is 0 Å². The Labute approximate surface area is 113 Å². The van der Waals surface area contributed by atoms with Crippen LogP contribution in [0.3, 0.4) is 0 Å². The molecule has 1 aromatic carbocycles. The summed E-state index contributed by atoms with van der Waals surface area (Å²) in [5.74, 6) is 0.568. The van der Waals surface area contributed by atoms with Gasteiger partial charge in [0.2, 0.25) is 5.91 Å². The third-order valence-corrected chi connectivity index (χ3v) is 4.20. The van der Waals surface area contributed by atoms with Crippen LogP contribution in [0.4, 0.5) is 5.69 Å². The summed E-state index contributed by atoms with van der Waals surface area (Å²) in [6.07, 6.45) is 3.43. The van der Waals surface area contributed by atoms with Gasteiger partial charge in [0.15, 0.2) is 0 Å². The molecule has 3 rings (SSSR count). The molecule has 2 aliphatic rings. The minimum atomic E-state index is -0.577. The van der Waals surface area contributed by atoms with Crippen molar-refractivity contribution in [3.8, 4) is 0 Å². The SMILES string of the molecule is Nc1cccc(CCC(=O)N2CC(O)(C3CC3)C2)c1. The van der Waals surface area contributed by atoms with Crippen LogP contribution in [-0.2, 0) is 11.2 Å². The average molecular weight is 260 g/mol. The van der Waals surface area contributed by atoms with E-state index in [1.807, 2.05) is 24.3 Å². The van der Waals surface area contributed by atoms with Crippen molar-refractivity contribution in [2.75, 3.05) is 18.8 Å². The van der Waals surface area contributed by atoms with Gasteiger partial charge in [0.25, 0.3) is 0 Å². The van der Waals surface area contributed by atoms with Crippen molar-refractivity contribution in [1.29, 1.82) is 0 Å². The maximum Gasteiger partial charge on any atom is 0.223 e. The first-order valence-electron chi connectivity index (χ1n) is 6.91. The lowest BCUT2D eigenvalue weighted by Crippen LogP contribution is -2.64. The Hall–Kier alpha value is -1.55. The molecule has 0 aromatic heterocycles. The standard InChI is InChI=1S/C15H20N2O2/c16-13-3-1-2-11(8-13)4-7-14(18)17-9-15(19,10-17)12-5-6-12/h1-3,8,12,19H,4-7,9-10,16H2. The molecule has 4 nitrogen and oxygen atoms in total. The van der Waals surface area contributed by atoms with Crippen LogP contribution in [0.25, 0.3) is 0 Å². The van der Waals surface area contributed by atoms with Crippen molar-refractivity contribution < 1.29 is 9.90 Å². The minimum Gasteiger partial charge on any atom is -0.399 e. The van der Waals surface area contributed by atoms with Gasteiger partial charge >= 0.3 is 0 Å². The molecule has 1 heterocycles. The average Bonchev–Trinajstić information content (AvgIpc) is 3.16. The summed E-state index contributed by atoms with van der Waals surface area (Å²) in [4.78, 5) is 13.8. The number of nitrogens with two attached hydrogens (primary N) is 1. The molecule has 1 amide bonds. The number of hydrogen-bond donors (Lipinski definition) is 2. The van der Waals surface area contributed by atoms with Crippen LogP contribution in [-0.4, -0.2) is 34.6 Å². The molecule has 102 valence electrons. The number of rotatable bonds is 4. The molecule has 1 saturated heterocycles. The third kappa shape index (κ3) is 2.59. The van der Waals surface area contributed by atoms with Gasteiger partial charge < -0.3 is 15.7 Å². The van der Waals surface area contributed by atoms with E-state index in [0.717, 1.165) is 24.1 Å². The summed E-state index contributed by atoms with van der Waals surface area (Å²) in [5, 5.41) is 10.2. The summed E-state index contributed by atoms with van der Waals surface area (Å²) in [6, 6.07) is 7.64. The van der Waals surface area contributed by atoms with Gasteiger partial charge in [0.05, 0.1) is 13.1 Å². The zero-order chi connectivity index (χ0) is 13.5. The largest absolute Gasteiger partial charge is 0.399 e. The topological polar surface area (TPSA) is 66.6 Å². The molecule has 3 N–H and O–H groups in total. The Balaban J connectivity index is 1.47. The number of anilines is 1. The highest BCUT2D eigenvalue weighted by molar-refractivity contribution is 5.77. The van der Waals surface area contributed by atoms with E-state index in [-0.39, 0.29) is 5.91 Å². The van der Waals surface area contributed by atoms with Crippen LogP contribution in [0.1, 0.15) is 24.8 Å². The number of β-amino-alcohol motifs (C(OH)–C–C–N with tert-alkyl or cyclic N) is 1. The van der Waals surface area contributed by atoms with Crippen LogP contribution in [0.15, 0.2) is 24.3 Å². The number of amides is 1. The Kier molecular flexibility index (Phi) is 2.97. The molecule has 2 fully saturated rings. The molecule has 4 heteroatoms. The van der Waals surface area contributed by atoms with Gasteiger partial charge in [0, 0.05) is 12.1 Å². The summed E-state index contributed by atoms with van der Waals surface area (Å²) >= 11 is 0. The van der Waals surface area contributed by atoms with E-state index in [2.05, 4.69) is 0 Å². The number of nitrogens with zero attached hydrogens (tertiary/aromatic N) is 1. The molecule has 0 unspecified atom stereocenters. The molecular formula is C15H20N2O2. The maximum absolute atomic E-state index is 12.0. The van der Waals surface area contributed by atoms with Crippen molar-refractivity contribution in [2.24, 2.45) is 5.92 Å². The van der Waals surface area contributed by atoms with E-state index in [0.29, 0.717) is 31.8 Å². The summed E-state index contributed by atoms with van der Waals surface area (Å²) in [7, 11) is 0. The van der Waals surface area contributed by atoms with Gasteiger partial charge in [-0.1, -0.05) is 12.1 Å². The fourth-order valence-corrected chi connectivity index (χ4v) is 2.83. The molecule has 1 saturated carbocycles. The van der Waals surface area contributed by atoms with Crippen molar-refractivity contribution in [2.45, 2.75) is 31.3 Å². The van der Waals surface area contributed by atoms with Gasteiger partial charge in [-0.25, -0.2) is 0 Å². The number of benzene rings is 1. The van der Waals surface area contributed by atoms with Crippen LogP contribution in [0, 0.1) is 5.92 Å². The van der Waals surface area contributed by atoms with E-state index in [9.17, 15) is 9.90 Å². The molecule has 0 radical (unpaired) electrons. The number of carbonyl (C=O) groups is 1. The summed E-state index contributed by atoms with van der Waals surface area (Å²) < 4.78 is 0. The van der Waals surface area contributed by atoms with E-state index < -0.39 is 5.60 Å². The Bertz CT molecular complexity index is 491. The van der Waals surface area contributed by atoms with Crippen molar-refractivity contribution in [3.63, 3.8) is 0 Å². The second-order valence-electron chi connectivity index (χ2n) is 5.87. The number of nitrogen functional groups attached to an aromatic ring is 1. The molecule has 1 aliphatic carbocycles.